The molecule has 7 nitrogen and oxygen atoms in total. The average molecular weight is 337 g/mol. The van der Waals surface area contributed by atoms with E-state index in [0.717, 1.165) is 12.1 Å². The lowest BCUT2D eigenvalue weighted by molar-refractivity contribution is -0.120. The van der Waals surface area contributed by atoms with Crippen LogP contribution < -0.4 is 5.32 Å². The number of anilines is 1. The molecule has 2 rings (SSSR count). The molecule has 0 aromatic carbocycles. The lowest BCUT2D eigenvalue weighted by atomic mass is 9.92. The molecule has 1 fully saturated rings. The molecule has 2 heterocycles. The molecule has 1 atom stereocenters. The molecule has 24 heavy (non-hydrogen) atoms. The van der Waals surface area contributed by atoms with Gasteiger partial charge in [-0.1, -0.05) is 25.9 Å². The van der Waals surface area contributed by atoms with Crippen LogP contribution in [0.15, 0.2) is 10.6 Å². The van der Waals surface area contributed by atoms with Crippen LogP contribution in [0.4, 0.5) is 10.7 Å². The Kier molecular flexibility index (Phi) is 4.92. The average Bonchev–Trinajstić information content (AvgIpc) is 3.03. The maximum atomic E-state index is 12.5. The summed E-state index contributed by atoms with van der Waals surface area (Å²) in [7, 11) is 0. The quantitative estimate of drug-likeness (QED) is 0.895. The van der Waals surface area contributed by atoms with Crippen LogP contribution in [-0.4, -0.2) is 40.2 Å². The van der Waals surface area contributed by atoms with Gasteiger partial charge in [0, 0.05) is 18.0 Å². The van der Waals surface area contributed by atoms with Gasteiger partial charge < -0.3 is 9.26 Å². The molecule has 1 saturated heterocycles. The monoisotopic (exact) mass is 337 g/mol. The third kappa shape index (κ3) is 4.49. The second kappa shape index (κ2) is 6.45. The first kappa shape index (κ1) is 18.3. The van der Waals surface area contributed by atoms with Gasteiger partial charge in [-0.3, -0.25) is 15.0 Å². The van der Waals surface area contributed by atoms with Crippen molar-refractivity contribution in [1.29, 1.82) is 0 Å². The number of likely N-dealkylation sites (tertiary alicyclic amines) is 1. The van der Waals surface area contributed by atoms with Crippen molar-refractivity contribution in [2.75, 3.05) is 11.9 Å². The van der Waals surface area contributed by atoms with E-state index in [0.29, 0.717) is 18.8 Å². The molecule has 134 valence electrons. The molecule has 0 spiro atoms. The SMILES string of the molecule is CC(C)(C)OC(=O)N1CCCC1C(=O)Nc1cc(C(C)(C)C)no1. The molecule has 1 aromatic rings. The topological polar surface area (TPSA) is 84.7 Å². The third-order valence-electron chi connectivity index (χ3n) is 3.71. The molecule has 0 saturated carbocycles. The summed E-state index contributed by atoms with van der Waals surface area (Å²) in [5, 5.41) is 6.68. The molecule has 1 aromatic heterocycles. The number of aromatic nitrogens is 1. The third-order valence-corrected chi connectivity index (χ3v) is 3.71. The fourth-order valence-corrected chi connectivity index (χ4v) is 2.47. The highest BCUT2D eigenvalue weighted by molar-refractivity contribution is 5.95. The van der Waals surface area contributed by atoms with E-state index >= 15 is 0 Å². The van der Waals surface area contributed by atoms with Gasteiger partial charge in [-0.15, -0.1) is 0 Å². The van der Waals surface area contributed by atoms with Gasteiger partial charge in [0.15, 0.2) is 0 Å². The van der Waals surface area contributed by atoms with Crippen molar-refractivity contribution in [2.45, 2.75) is 71.4 Å². The number of ether oxygens (including phenoxy) is 1. The molecule has 0 bridgehead atoms. The smallest absolute Gasteiger partial charge is 0.410 e. The molecule has 2 amide bonds. The van der Waals surface area contributed by atoms with E-state index in [4.69, 9.17) is 9.26 Å². The Morgan fingerprint density at radius 3 is 2.50 bits per heavy atom. The van der Waals surface area contributed by atoms with Gasteiger partial charge in [0.1, 0.15) is 11.6 Å². The van der Waals surface area contributed by atoms with Crippen LogP contribution in [-0.2, 0) is 14.9 Å². The number of nitrogens with one attached hydrogen (secondary N) is 1. The maximum Gasteiger partial charge on any atom is 0.410 e. The summed E-state index contributed by atoms with van der Waals surface area (Å²) >= 11 is 0. The second-order valence-corrected chi connectivity index (χ2v) is 8.15. The predicted molar refractivity (Wildman–Crippen MR) is 89.8 cm³/mol. The van der Waals surface area contributed by atoms with Gasteiger partial charge in [-0.25, -0.2) is 4.79 Å². The maximum absolute atomic E-state index is 12.5. The zero-order valence-corrected chi connectivity index (χ0v) is 15.3. The van der Waals surface area contributed by atoms with Gasteiger partial charge in [-0.2, -0.15) is 0 Å². The van der Waals surface area contributed by atoms with E-state index < -0.39 is 17.7 Å². The van der Waals surface area contributed by atoms with Gasteiger partial charge in [0.2, 0.25) is 11.8 Å². The highest BCUT2D eigenvalue weighted by atomic mass is 16.6. The fourth-order valence-electron chi connectivity index (χ4n) is 2.47. The van der Waals surface area contributed by atoms with E-state index in [-0.39, 0.29) is 11.3 Å². The van der Waals surface area contributed by atoms with Crippen LogP contribution in [0.2, 0.25) is 0 Å². The van der Waals surface area contributed by atoms with Crippen LogP contribution in [0.1, 0.15) is 60.1 Å². The van der Waals surface area contributed by atoms with E-state index in [1.807, 2.05) is 20.8 Å². The van der Waals surface area contributed by atoms with Crippen molar-refractivity contribution in [1.82, 2.24) is 10.1 Å². The number of amides is 2. The summed E-state index contributed by atoms with van der Waals surface area (Å²) in [5.41, 5.74) is 0.00327. The normalized spacial score (nSPS) is 18.6. The van der Waals surface area contributed by atoms with Crippen LogP contribution in [0.5, 0.6) is 0 Å². The number of rotatable bonds is 2. The Labute approximate surface area is 142 Å². The highest BCUT2D eigenvalue weighted by Crippen LogP contribution is 2.25. The standard InChI is InChI=1S/C17H27N3O4/c1-16(2,3)12-10-13(24-19-12)18-14(21)11-8-7-9-20(11)15(22)23-17(4,5)6/h10-11H,7-9H2,1-6H3,(H,18,21). The minimum absolute atomic E-state index is 0.164. The van der Waals surface area contributed by atoms with Crippen LogP contribution in [0.3, 0.4) is 0 Å². The van der Waals surface area contributed by atoms with Crippen molar-refractivity contribution < 1.29 is 18.8 Å². The summed E-state index contributed by atoms with van der Waals surface area (Å²) in [6, 6.07) is 1.16. The van der Waals surface area contributed by atoms with Crippen molar-refractivity contribution in [2.24, 2.45) is 0 Å². The Balaban J connectivity index is 2.03. The van der Waals surface area contributed by atoms with Crippen molar-refractivity contribution in [3.05, 3.63) is 11.8 Å². The summed E-state index contributed by atoms with van der Waals surface area (Å²) < 4.78 is 10.6. The summed E-state index contributed by atoms with van der Waals surface area (Å²) in [6.45, 7) is 12.0. The molecule has 1 aliphatic rings. The van der Waals surface area contributed by atoms with E-state index in [2.05, 4.69) is 10.5 Å². The molecule has 1 N–H and O–H groups in total. The van der Waals surface area contributed by atoms with E-state index in [9.17, 15) is 9.59 Å². The Morgan fingerprint density at radius 2 is 1.96 bits per heavy atom. The Hall–Kier alpha value is -2.05. The first-order valence-corrected chi connectivity index (χ1v) is 8.25. The van der Waals surface area contributed by atoms with Gasteiger partial charge in [-0.05, 0) is 33.6 Å². The molecule has 0 aliphatic carbocycles. The first-order valence-electron chi connectivity index (χ1n) is 8.25. The van der Waals surface area contributed by atoms with Gasteiger partial charge >= 0.3 is 6.09 Å². The number of hydrogen-bond acceptors (Lipinski definition) is 5. The summed E-state index contributed by atoms with van der Waals surface area (Å²) in [5.74, 6) is 0.0101. The van der Waals surface area contributed by atoms with Crippen LogP contribution >= 0.6 is 0 Å². The van der Waals surface area contributed by atoms with Gasteiger partial charge in [0.05, 0.1) is 5.69 Å². The van der Waals surface area contributed by atoms with Gasteiger partial charge in [0.25, 0.3) is 0 Å². The summed E-state index contributed by atoms with van der Waals surface area (Å²) in [6.07, 6.45) is 0.903. The summed E-state index contributed by atoms with van der Waals surface area (Å²) in [4.78, 5) is 26.2. The highest BCUT2D eigenvalue weighted by Gasteiger charge is 2.37. The van der Waals surface area contributed by atoms with Crippen molar-refractivity contribution in [3.63, 3.8) is 0 Å². The largest absolute Gasteiger partial charge is 0.444 e. The predicted octanol–water partition coefficient (Wildman–Crippen LogP) is 3.31. The second-order valence-electron chi connectivity index (χ2n) is 8.15. The lowest BCUT2D eigenvalue weighted by Gasteiger charge is -2.27. The van der Waals surface area contributed by atoms with Crippen LogP contribution in [0, 0.1) is 0 Å². The molecular formula is C17H27N3O4. The number of hydrogen-bond donors (Lipinski definition) is 1. The lowest BCUT2D eigenvalue weighted by Crippen LogP contribution is -2.45. The van der Waals surface area contributed by atoms with Crippen molar-refractivity contribution in [3.8, 4) is 0 Å². The van der Waals surface area contributed by atoms with Crippen LogP contribution in [0.25, 0.3) is 0 Å². The molecule has 7 heteroatoms. The first-order chi connectivity index (χ1) is 11.0. The zero-order valence-electron chi connectivity index (χ0n) is 15.3. The fraction of sp³-hybridized carbons (Fsp3) is 0.706. The molecule has 1 aliphatic heterocycles. The number of nitrogens with zero attached hydrogens (tertiary/aromatic N) is 2. The number of carbonyl (C=O) groups excluding carboxylic acids is 2. The number of carbonyl (C=O) groups is 2. The zero-order chi connectivity index (χ0) is 18.1. The van der Waals surface area contributed by atoms with Crippen molar-refractivity contribution >= 4 is 17.9 Å². The Morgan fingerprint density at radius 1 is 1.29 bits per heavy atom. The van der Waals surface area contributed by atoms with E-state index in [1.54, 1.807) is 26.8 Å². The Bertz CT molecular complexity index is 610. The minimum atomic E-state index is -0.590. The van der Waals surface area contributed by atoms with E-state index in [1.165, 1.54) is 4.90 Å². The molecular weight excluding hydrogens is 310 g/mol. The molecule has 0 radical (unpaired) electrons. The minimum Gasteiger partial charge on any atom is -0.444 e. The molecule has 1 unspecified atom stereocenters.